The van der Waals surface area contributed by atoms with E-state index in [2.05, 4.69) is 40.2 Å². The van der Waals surface area contributed by atoms with Gasteiger partial charge in [-0.25, -0.2) is 8.42 Å². The van der Waals surface area contributed by atoms with E-state index < -0.39 is 10.0 Å². The molecule has 2 aromatic rings. The van der Waals surface area contributed by atoms with E-state index >= 15 is 0 Å². The number of benzene rings is 2. The third-order valence-electron chi connectivity index (χ3n) is 6.14. The summed E-state index contributed by atoms with van der Waals surface area (Å²) in [4.78, 5) is 15.2. The number of carbonyl (C=O) groups is 1. The fraction of sp³-hybridized carbons (Fsp3) is 0.435. The molecule has 2 aliphatic rings. The van der Waals surface area contributed by atoms with E-state index in [1.54, 1.807) is 12.1 Å². The maximum absolute atomic E-state index is 13.2. The van der Waals surface area contributed by atoms with Gasteiger partial charge in [0.05, 0.1) is 10.5 Å². The first-order valence-corrected chi connectivity index (χ1v) is 12.8. The van der Waals surface area contributed by atoms with Gasteiger partial charge in [0.1, 0.15) is 0 Å². The predicted molar refractivity (Wildman–Crippen MR) is 121 cm³/mol. The third kappa shape index (κ3) is 4.63. The minimum absolute atomic E-state index is 0.0986. The second-order valence-corrected chi connectivity index (χ2v) is 11.0. The maximum Gasteiger partial charge on any atom is 0.255 e. The monoisotopic (exact) mass is 490 g/mol. The van der Waals surface area contributed by atoms with E-state index in [1.807, 2.05) is 11.0 Å². The SMILES string of the molecule is O=C(c1cc(S(=O)(=O)N2CCCC2)ccc1Br)N1CCC(Cc2ccccc2)CC1. The lowest BCUT2D eigenvalue weighted by Crippen LogP contribution is -2.39. The number of rotatable bonds is 5. The molecular weight excluding hydrogens is 464 g/mol. The Morgan fingerprint density at radius 2 is 1.63 bits per heavy atom. The van der Waals surface area contributed by atoms with Gasteiger partial charge in [-0.1, -0.05) is 30.3 Å². The molecule has 0 atom stereocenters. The van der Waals surface area contributed by atoms with Crippen molar-refractivity contribution in [3.05, 3.63) is 64.1 Å². The highest BCUT2D eigenvalue weighted by molar-refractivity contribution is 9.10. The lowest BCUT2D eigenvalue weighted by molar-refractivity contribution is 0.0689. The molecule has 0 saturated carbocycles. The summed E-state index contributed by atoms with van der Waals surface area (Å²) in [6.45, 7) is 2.50. The summed E-state index contributed by atoms with van der Waals surface area (Å²) in [5.74, 6) is 0.472. The number of sulfonamides is 1. The quantitative estimate of drug-likeness (QED) is 0.626. The Balaban J connectivity index is 1.45. The number of carbonyl (C=O) groups excluding carboxylic acids is 1. The zero-order chi connectivity index (χ0) is 21.1. The third-order valence-corrected chi connectivity index (χ3v) is 8.73. The van der Waals surface area contributed by atoms with Crippen molar-refractivity contribution in [3.63, 3.8) is 0 Å². The molecule has 7 heteroatoms. The van der Waals surface area contributed by atoms with Gasteiger partial charge in [0.2, 0.25) is 10.0 Å². The maximum atomic E-state index is 13.2. The molecule has 2 heterocycles. The Bertz CT molecular complexity index is 996. The standard InChI is InChI=1S/C23H27BrN2O3S/c24-22-9-8-20(30(28,29)26-12-4-5-13-26)17-21(22)23(27)25-14-10-19(11-15-25)16-18-6-2-1-3-7-18/h1-3,6-9,17,19H,4-5,10-16H2. The van der Waals surface area contributed by atoms with Gasteiger partial charge in [-0.3, -0.25) is 4.79 Å². The number of likely N-dealkylation sites (tertiary alicyclic amines) is 1. The molecule has 2 fully saturated rings. The molecule has 0 bridgehead atoms. The molecule has 0 radical (unpaired) electrons. The van der Waals surface area contributed by atoms with Gasteiger partial charge in [0, 0.05) is 30.7 Å². The molecular formula is C23H27BrN2O3S. The molecule has 2 aliphatic heterocycles. The molecule has 5 nitrogen and oxygen atoms in total. The van der Waals surface area contributed by atoms with Crippen LogP contribution in [0.15, 0.2) is 57.9 Å². The molecule has 4 rings (SSSR count). The smallest absolute Gasteiger partial charge is 0.255 e. The van der Waals surface area contributed by atoms with Crippen LogP contribution in [0, 0.1) is 5.92 Å². The Morgan fingerprint density at radius 1 is 0.967 bits per heavy atom. The van der Waals surface area contributed by atoms with Crippen molar-refractivity contribution in [3.8, 4) is 0 Å². The summed E-state index contributed by atoms with van der Waals surface area (Å²) in [6, 6.07) is 15.3. The van der Waals surface area contributed by atoms with Crippen LogP contribution in [0.4, 0.5) is 0 Å². The van der Waals surface area contributed by atoms with Crippen LogP contribution in [0.5, 0.6) is 0 Å². The van der Waals surface area contributed by atoms with Crippen molar-refractivity contribution in [1.29, 1.82) is 0 Å². The van der Waals surface area contributed by atoms with Gasteiger partial charge < -0.3 is 4.90 Å². The molecule has 0 aromatic heterocycles. The predicted octanol–water partition coefficient (Wildman–Crippen LogP) is 4.33. The molecule has 1 amide bonds. The fourth-order valence-electron chi connectivity index (χ4n) is 4.36. The van der Waals surface area contributed by atoms with Crippen molar-refractivity contribution < 1.29 is 13.2 Å². The summed E-state index contributed by atoms with van der Waals surface area (Å²) in [6.07, 6.45) is 4.74. The normalized spacial score (nSPS) is 18.6. The number of amides is 1. The van der Waals surface area contributed by atoms with Gasteiger partial charge in [-0.15, -0.1) is 0 Å². The van der Waals surface area contributed by atoms with Crippen molar-refractivity contribution in [2.75, 3.05) is 26.2 Å². The van der Waals surface area contributed by atoms with E-state index in [1.165, 1.54) is 15.9 Å². The van der Waals surface area contributed by atoms with Crippen molar-refractivity contribution in [1.82, 2.24) is 9.21 Å². The Kier molecular flexibility index (Phi) is 6.60. The van der Waals surface area contributed by atoms with Crippen LogP contribution in [0.2, 0.25) is 0 Å². The molecule has 30 heavy (non-hydrogen) atoms. The van der Waals surface area contributed by atoms with Gasteiger partial charge >= 0.3 is 0 Å². The van der Waals surface area contributed by atoms with Crippen LogP contribution < -0.4 is 0 Å². The number of nitrogens with zero attached hydrogens (tertiary/aromatic N) is 2. The lowest BCUT2D eigenvalue weighted by atomic mass is 9.90. The topological polar surface area (TPSA) is 57.7 Å². The summed E-state index contributed by atoms with van der Waals surface area (Å²) >= 11 is 3.45. The first kappa shape index (κ1) is 21.5. The van der Waals surface area contributed by atoms with E-state index in [-0.39, 0.29) is 10.8 Å². The lowest BCUT2D eigenvalue weighted by Gasteiger charge is -2.32. The highest BCUT2D eigenvalue weighted by atomic mass is 79.9. The first-order chi connectivity index (χ1) is 14.4. The highest BCUT2D eigenvalue weighted by Gasteiger charge is 2.30. The van der Waals surface area contributed by atoms with Crippen LogP contribution in [-0.2, 0) is 16.4 Å². The molecule has 2 saturated heterocycles. The molecule has 0 unspecified atom stereocenters. The Labute approximate surface area is 187 Å². The van der Waals surface area contributed by atoms with Crippen LogP contribution in [-0.4, -0.2) is 49.7 Å². The number of halogens is 1. The molecule has 0 spiro atoms. The first-order valence-electron chi connectivity index (χ1n) is 10.6. The molecule has 160 valence electrons. The van der Waals surface area contributed by atoms with Gasteiger partial charge in [0.15, 0.2) is 0 Å². The van der Waals surface area contributed by atoms with E-state index in [0.717, 1.165) is 32.1 Å². The zero-order valence-corrected chi connectivity index (χ0v) is 19.4. The summed E-state index contributed by atoms with van der Waals surface area (Å²) < 4.78 is 27.9. The average Bonchev–Trinajstić information content (AvgIpc) is 3.31. The van der Waals surface area contributed by atoms with Crippen LogP contribution in [0.1, 0.15) is 41.6 Å². The minimum Gasteiger partial charge on any atom is -0.339 e. The largest absolute Gasteiger partial charge is 0.339 e. The van der Waals surface area contributed by atoms with Gasteiger partial charge in [-0.05, 0) is 77.7 Å². The summed E-state index contributed by atoms with van der Waals surface area (Å²) in [5.41, 5.74) is 1.77. The highest BCUT2D eigenvalue weighted by Crippen LogP contribution is 2.28. The number of hydrogen-bond donors (Lipinski definition) is 0. The van der Waals surface area contributed by atoms with Gasteiger partial charge in [0.25, 0.3) is 5.91 Å². The molecule has 0 N–H and O–H groups in total. The summed E-state index contributed by atoms with van der Waals surface area (Å²) in [7, 11) is -3.54. The second-order valence-electron chi connectivity index (χ2n) is 8.18. The molecule has 2 aromatic carbocycles. The average molecular weight is 491 g/mol. The number of piperidine rings is 1. The second kappa shape index (κ2) is 9.20. The van der Waals surface area contributed by atoms with Crippen LogP contribution in [0.25, 0.3) is 0 Å². The Morgan fingerprint density at radius 3 is 2.30 bits per heavy atom. The van der Waals surface area contributed by atoms with E-state index in [4.69, 9.17) is 0 Å². The zero-order valence-electron chi connectivity index (χ0n) is 17.0. The number of hydrogen-bond acceptors (Lipinski definition) is 3. The fourth-order valence-corrected chi connectivity index (χ4v) is 6.32. The van der Waals surface area contributed by atoms with Gasteiger partial charge in [-0.2, -0.15) is 4.31 Å². The minimum atomic E-state index is -3.54. The summed E-state index contributed by atoms with van der Waals surface area (Å²) in [5, 5.41) is 0. The Hall–Kier alpha value is -1.70. The van der Waals surface area contributed by atoms with Crippen molar-refractivity contribution in [2.24, 2.45) is 5.92 Å². The molecule has 0 aliphatic carbocycles. The van der Waals surface area contributed by atoms with Crippen molar-refractivity contribution in [2.45, 2.75) is 37.0 Å². The van der Waals surface area contributed by atoms with Crippen LogP contribution >= 0.6 is 15.9 Å². The van der Waals surface area contributed by atoms with E-state index in [0.29, 0.717) is 42.1 Å². The van der Waals surface area contributed by atoms with Crippen LogP contribution in [0.3, 0.4) is 0 Å². The van der Waals surface area contributed by atoms with E-state index in [9.17, 15) is 13.2 Å². The van der Waals surface area contributed by atoms with Crippen molar-refractivity contribution >= 4 is 31.9 Å².